The van der Waals surface area contributed by atoms with E-state index in [1.165, 1.54) is 31.4 Å². The molecule has 7 nitrogen and oxygen atoms in total. The second-order valence-electron chi connectivity index (χ2n) is 5.48. The molecular formula is C18H21N3O4S. The van der Waals surface area contributed by atoms with Gasteiger partial charge in [-0.25, -0.2) is 13.8 Å². The number of rotatable bonds is 7. The first-order valence-electron chi connectivity index (χ1n) is 7.96. The summed E-state index contributed by atoms with van der Waals surface area (Å²) in [6.07, 6.45) is 0.706. The molecule has 0 radical (unpaired) electrons. The number of amides is 1. The van der Waals surface area contributed by atoms with Crippen LogP contribution >= 0.6 is 0 Å². The van der Waals surface area contributed by atoms with Crippen molar-refractivity contribution in [3.63, 3.8) is 0 Å². The molecule has 1 amide bonds. The maximum Gasteiger partial charge on any atom is 0.271 e. The molecular weight excluding hydrogens is 354 g/mol. The third-order valence-corrected chi connectivity index (χ3v) is 4.98. The molecule has 2 aromatic carbocycles. The highest BCUT2D eigenvalue weighted by Gasteiger charge is 2.18. The minimum absolute atomic E-state index is 0.0350. The van der Waals surface area contributed by atoms with Gasteiger partial charge in [-0.15, -0.1) is 0 Å². The van der Waals surface area contributed by atoms with Crippen LogP contribution in [-0.4, -0.2) is 27.1 Å². The first-order chi connectivity index (χ1) is 12.4. The van der Waals surface area contributed by atoms with Gasteiger partial charge < -0.3 is 4.74 Å². The molecule has 0 aliphatic rings. The van der Waals surface area contributed by atoms with E-state index in [4.69, 9.17) is 4.74 Å². The number of anilines is 1. The minimum atomic E-state index is -3.88. The monoisotopic (exact) mass is 375 g/mol. The van der Waals surface area contributed by atoms with Gasteiger partial charge in [0.15, 0.2) is 0 Å². The summed E-state index contributed by atoms with van der Waals surface area (Å²) < 4.78 is 32.9. The van der Waals surface area contributed by atoms with Gasteiger partial charge in [0, 0.05) is 11.3 Å². The van der Waals surface area contributed by atoms with E-state index in [1.807, 2.05) is 6.92 Å². The van der Waals surface area contributed by atoms with Crippen LogP contribution in [0, 0.1) is 0 Å². The lowest BCUT2D eigenvalue weighted by Gasteiger charge is -2.12. The van der Waals surface area contributed by atoms with Crippen LogP contribution in [0.5, 0.6) is 5.75 Å². The summed E-state index contributed by atoms with van der Waals surface area (Å²) in [5.74, 6) is -0.0820. The van der Waals surface area contributed by atoms with Crippen molar-refractivity contribution < 1.29 is 17.9 Å². The van der Waals surface area contributed by atoms with E-state index in [-0.39, 0.29) is 10.5 Å². The Morgan fingerprint density at radius 3 is 2.58 bits per heavy atom. The highest BCUT2D eigenvalue weighted by molar-refractivity contribution is 7.92. The molecule has 0 fully saturated rings. The number of nitrogens with one attached hydrogen (secondary N) is 2. The lowest BCUT2D eigenvalue weighted by atomic mass is 10.2. The van der Waals surface area contributed by atoms with Gasteiger partial charge in [0.05, 0.1) is 17.7 Å². The van der Waals surface area contributed by atoms with Crippen LogP contribution in [0.4, 0.5) is 5.69 Å². The van der Waals surface area contributed by atoms with Gasteiger partial charge in [-0.2, -0.15) is 5.10 Å². The SMILES string of the molecule is CC/C(C)=N\NC(=O)c1cccc(S(=O)(=O)Nc2ccccc2OC)c1. The highest BCUT2D eigenvalue weighted by atomic mass is 32.2. The summed E-state index contributed by atoms with van der Waals surface area (Å²) in [5.41, 5.74) is 3.68. The first kappa shape index (κ1) is 19.5. The van der Waals surface area contributed by atoms with Gasteiger partial charge in [0.2, 0.25) is 0 Å². The number of sulfonamides is 1. The third-order valence-electron chi connectivity index (χ3n) is 3.62. The van der Waals surface area contributed by atoms with Crippen molar-refractivity contribution in [1.82, 2.24) is 5.43 Å². The summed E-state index contributed by atoms with van der Waals surface area (Å²) in [4.78, 5) is 12.1. The molecule has 0 atom stereocenters. The van der Waals surface area contributed by atoms with Crippen LogP contribution < -0.4 is 14.9 Å². The Labute approximate surface area is 153 Å². The van der Waals surface area contributed by atoms with Crippen molar-refractivity contribution in [2.45, 2.75) is 25.2 Å². The van der Waals surface area contributed by atoms with Gasteiger partial charge >= 0.3 is 0 Å². The Morgan fingerprint density at radius 1 is 1.15 bits per heavy atom. The second-order valence-corrected chi connectivity index (χ2v) is 7.16. The Hall–Kier alpha value is -2.87. The number of hydrogen-bond donors (Lipinski definition) is 2. The van der Waals surface area contributed by atoms with E-state index in [2.05, 4.69) is 15.2 Å². The Kier molecular flexibility index (Phi) is 6.35. The van der Waals surface area contributed by atoms with E-state index in [9.17, 15) is 13.2 Å². The predicted molar refractivity (Wildman–Crippen MR) is 101 cm³/mol. The standard InChI is InChI=1S/C18H21N3O4S/c1-4-13(2)19-20-18(22)14-8-7-9-15(12-14)26(23,24)21-16-10-5-6-11-17(16)25-3/h5-12,21H,4H2,1-3H3,(H,20,22)/b19-13-. The molecule has 0 heterocycles. The Balaban J connectivity index is 2.26. The predicted octanol–water partition coefficient (Wildman–Crippen LogP) is 3.01. The van der Waals surface area contributed by atoms with Crippen molar-refractivity contribution in [2.75, 3.05) is 11.8 Å². The molecule has 0 aromatic heterocycles. The number of nitrogens with zero attached hydrogens (tertiary/aromatic N) is 1. The lowest BCUT2D eigenvalue weighted by Crippen LogP contribution is -2.20. The molecule has 2 rings (SSSR count). The molecule has 0 bridgehead atoms. The molecule has 0 unspecified atom stereocenters. The van der Waals surface area contributed by atoms with E-state index < -0.39 is 15.9 Å². The number of carbonyl (C=O) groups is 1. The maximum atomic E-state index is 12.6. The van der Waals surface area contributed by atoms with Crippen LogP contribution in [0.15, 0.2) is 58.5 Å². The van der Waals surface area contributed by atoms with Crippen molar-refractivity contribution in [3.8, 4) is 5.75 Å². The second kappa shape index (κ2) is 8.48. The normalized spacial score (nSPS) is 11.7. The maximum absolute atomic E-state index is 12.6. The van der Waals surface area contributed by atoms with Gasteiger partial charge in [0.25, 0.3) is 15.9 Å². The lowest BCUT2D eigenvalue weighted by molar-refractivity contribution is 0.0954. The molecule has 2 N–H and O–H groups in total. The summed E-state index contributed by atoms with van der Waals surface area (Å²) in [7, 11) is -2.43. The molecule has 0 spiro atoms. The van der Waals surface area contributed by atoms with Crippen molar-refractivity contribution in [3.05, 3.63) is 54.1 Å². The largest absolute Gasteiger partial charge is 0.495 e. The van der Waals surface area contributed by atoms with Crippen molar-refractivity contribution in [1.29, 1.82) is 0 Å². The third kappa shape index (κ3) is 4.82. The molecule has 0 aliphatic carbocycles. The number of carbonyl (C=O) groups excluding carboxylic acids is 1. The van der Waals surface area contributed by atoms with Crippen molar-refractivity contribution in [2.24, 2.45) is 5.10 Å². The average Bonchev–Trinajstić information content (AvgIpc) is 2.66. The number of hydrazone groups is 1. The molecule has 0 aliphatic heterocycles. The fraction of sp³-hybridized carbons (Fsp3) is 0.222. The van der Waals surface area contributed by atoms with Gasteiger partial charge in [-0.1, -0.05) is 25.1 Å². The van der Waals surface area contributed by atoms with E-state index >= 15 is 0 Å². The molecule has 26 heavy (non-hydrogen) atoms. The van der Waals surface area contributed by atoms with E-state index in [1.54, 1.807) is 31.2 Å². The summed E-state index contributed by atoms with van der Waals surface area (Å²) in [6, 6.07) is 12.4. The molecule has 138 valence electrons. The Bertz CT molecular complexity index is 924. The van der Waals surface area contributed by atoms with Crippen LogP contribution in [-0.2, 0) is 10.0 Å². The van der Waals surface area contributed by atoms with Crippen LogP contribution in [0.1, 0.15) is 30.6 Å². The van der Waals surface area contributed by atoms with Gasteiger partial charge in [-0.3, -0.25) is 9.52 Å². The molecule has 0 saturated heterocycles. The summed E-state index contributed by atoms with van der Waals surface area (Å²) in [5, 5.41) is 3.94. The molecule has 8 heteroatoms. The zero-order valence-corrected chi connectivity index (χ0v) is 15.6. The fourth-order valence-electron chi connectivity index (χ4n) is 2.03. The van der Waals surface area contributed by atoms with Crippen LogP contribution in [0.25, 0.3) is 0 Å². The minimum Gasteiger partial charge on any atom is -0.495 e. The number of ether oxygens (including phenoxy) is 1. The molecule has 0 saturated carbocycles. The number of hydrogen-bond acceptors (Lipinski definition) is 5. The Morgan fingerprint density at radius 2 is 1.88 bits per heavy atom. The van der Waals surface area contributed by atoms with Gasteiger partial charge in [-0.05, 0) is 43.7 Å². The van der Waals surface area contributed by atoms with Gasteiger partial charge in [0.1, 0.15) is 5.75 Å². The summed E-state index contributed by atoms with van der Waals surface area (Å²) in [6.45, 7) is 3.71. The smallest absolute Gasteiger partial charge is 0.271 e. The van der Waals surface area contributed by atoms with E-state index in [0.717, 1.165) is 5.71 Å². The number of benzene rings is 2. The summed E-state index contributed by atoms with van der Waals surface area (Å²) >= 11 is 0. The highest BCUT2D eigenvalue weighted by Crippen LogP contribution is 2.26. The van der Waals surface area contributed by atoms with Crippen molar-refractivity contribution >= 4 is 27.3 Å². The quantitative estimate of drug-likeness (QED) is 0.574. The zero-order valence-electron chi connectivity index (χ0n) is 14.8. The number of methoxy groups -OCH3 is 1. The topological polar surface area (TPSA) is 96.9 Å². The average molecular weight is 375 g/mol. The number of para-hydroxylation sites is 2. The first-order valence-corrected chi connectivity index (χ1v) is 9.45. The van der Waals surface area contributed by atoms with Crippen LogP contribution in [0.3, 0.4) is 0 Å². The zero-order chi connectivity index (χ0) is 19.2. The van der Waals surface area contributed by atoms with E-state index in [0.29, 0.717) is 17.9 Å². The van der Waals surface area contributed by atoms with Crippen LogP contribution in [0.2, 0.25) is 0 Å². The fourth-order valence-corrected chi connectivity index (χ4v) is 3.14. The molecule has 2 aromatic rings.